The van der Waals surface area contributed by atoms with E-state index in [1.54, 1.807) is 12.1 Å². The number of benzene rings is 2. The fourth-order valence-electron chi connectivity index (χ4n) is 7.32. The molecule has 8 rings (SSSR count). The second-order valence-electron chi connectivity index (χ2n) is 11.7. The first kappa shape index (κ1) is 24.1. The van der Waals surface area contributed by atoms with E-state index in [4.69, 9.17) is 24.4 Å². The molecule has 10 nitrogen and oxygen atoms in total. The molecule has 4 fully saturated rings. The highest BCUT2D eigenvalue weighted by Crippen LogP contribution is 2.40. The van der Waals surface area contributed by atoms with Crippen LogP contribution in [0.15, 0.2) is 30.3 Å². The molecular formula is C29H32FN7O3. The number of aromatic amines is 1. The number of phenols is 1. The Morgan fingerprint density at radius 3 is 2.65 bits per heavy atom. The summed E-state index contributed by atoms with van der Waals surface area (Å²) in [5, 5.41) is 14.7. The van der Waals surface area contributed by atoms with Crippen molar-refractivity contribution in [2.24, 2.45) is 0 Å². The number of halogens is 1. The van der Waals surface area contributed by atoms with Crippen molar-refractivity contribution in [1.82, 2.24) is 30.2 Å². The molecule has 2 atom stereocenters. The highest BCUT2D eigenvalue weighted by atomic mass is 19.1. The average Bonchev–Trinajstić information content (AvgIpc) is 3.69. The molecule has 0 spiro atoms. The third-order valence-electron chi connectivity index (χ3n) is 9.16. The van der Waals surface area contributed by atoms with Gasteiger partial charge in [-0.05, 0) is 69.1 Å². The van der Waals surface area contributed by atoms with Gasteiger partial charge in [-0.25, -0.2) is 4.39 Å². The van der Waals surface area contributed by atoms with E-state index in [2.05, 4.69) is 20.1 Å². The predicted octanol–water partition coefficient (Wildman–Crippen LogP) is 4.09. The molecule has 0 amide bonds. The average molecular weight is 546 g/mol. The van der Waals surface area contributed by atoms with E-state index < -0.39 is 5.82 Å². The van der Waals surface area contributed by atoms with Crippen LogP contribution < -0.4 is 19.7 Å². The number of hydrogen-bond donors (Lipinski definition) is 3. The van der Waals surface area contributed by atoms with Crippen molar-refractivity contribution < 1.29 is 19.0 Å². The zero-order valence-electron chi connectivity index (χ0n) is 22.2. The number of H-pyrrole nitrogens is 1. The Bertz CT molecular complexity index is 1590. The summed E-state index contributed by atoms with van der Waals surface area (Å²) in [6, 6.07) is 8.88. The quantitative estimate of drug-likeness (QED) is 0.330. The molecule has 3 N–H and O–H groups in total. The molecule has 6 heterocycles. The summed E-state index contributed by atoms with van der Waals surface area (Å²) in [5.41, 5.74) is 1.16. The van der Waals surface area contributed by atoms with Crippen LogP contribution in [-0.2, 0) is 0 Å². The second kappa shape index (κ2) is 9.17. The molecule has 2 aromatic carbocycles. The van der Waals surface area contributed by atoms with E-state index >= 15 is 0 Å². The van der Waals surface area contributed by atoms with Gasteiger partial charge in [-0.15, -0.1) is 0 Å². The molecule has 4 aliphatic rings. The highest BCUT2D eigenvalue weighted by molar-refractivity contribution is 5.91. The largest absolute Gasteiger partial charge is 0.508 e. The fraction of sp³-hybridized carbons (Fsp3) is 0.483. The third kappa shape index (κ3) is 4.02. The SMILES string of the molecule is Oc1cc(Oc2nc3c(N4CC5CCC(C4)N5)nc(OCC45CCCN4CCC5)nc3[nH]2)c2c(F)cccc2c1. The lowest BCUT2D eigenvalue weighted by Crippen LogP contribution is -2.51. The molecule has 40 heavy (non-hydrogen) atoms. The van der Waals surface area contributed by atoms with Crippen LogP contribution in [0.3, 0.4) is 0 Å². The van der Waals surface area contributed by atoms with Gasteiger partial charge in [-0.1, -0.05) is 12.1 Å². The van der Waals surface area contributed by atoms with Gasteiger partial charge in [-0.3, -0.25) is 9.88 Å². The van der Waals surface area contributed by atoms with Gasteiger partial charge in [0.05, 0.1) is 10.9 Å². The van der Waals surface area contributed by atoms with Gasteiger partial charge in [0.1, 0.15) is 23.9 Å². The second-order valence-corrected chi connectivity index (χ2v) is 11.7. The predicted molar refractivity (Wildman–Crippen MR) is 148 cm³/mol. The van der Waals surface area contributed by atoms with Crippen molar-refractivity contribution in [3.8, 4) is 23.5 Å². The van der Waals surface area contributed by atoms with Gasteiger partial charge >= 0.3 is 12.0 Å². The Morgan fingerprint density at radius 1 is 1.05 bits per heavy atom. The summed E-state index contributed by atoms with van der Waals surface area (Å²) < 4.78 is 27.2. The molecule has 208 valence electrons. The number of nitrogens with zero attached hydrogens (tertiary/aromatic N) is 5. The molecule has 2 bridgehead atoms. The van der Waals surface area contributed by atoms with E-state index in [1.807, 2.05) is 0 Å². The number of aromatic hydroxyl groups is 1. The molecule has 0 aliphatic carbocycles. The van der Waals surface area contributed by atoms with E-state index in [-0.39, 0.29) is 28.4 Å². The Labute approximate surface area is 230 Å². The van der Waals surface area contributed by atoms with Crippen molar-refractivity contribution in [3.63, 3.8) is 0 Å². The van der Waals surface area contributed by atoms with Crippen molar-refractivity contribution in [2.75, 3.05) is 37.7 Å². The van der Waals surface area contributed by atoms with Gasteiger partial charge < -0.3 is 24.8 Å². The minimum Gasteiger partial charge on any atom is -0.508 e. The maximum atomic E-state index is 14.8. The lowest BCUT2D eigenvalue weighted by Gasteiger charge is -2.34. The van der Waals surface area contributed by atoms with Gasteiger partial charge in [-0.2, -0.15) is 15.0 Å². The lowest BCUT2D eigenvalue weighted by atomic mass is 9.95. The van der Waals surface area contributed by atoms with Crippen LogP contribution >= 0.6 is 0 Å². The number of imidazole rings is 1. The van der Waals surface area contributed by atoms with Crippen LogP contribution in [0.2, 0.25) is 0 Å². The number of anilines is 1. The van der Waals surface area contributed by atoms with Crippen LogP contribution in [0.5, 0.6) is 23.5 Å². The van der Waals surface area contributed by atoms with Crippen molar-refractivity contribution in [3.05, 3.63) is 36.1 Å². The first-order valence-corrected chi connectivity index (χ1v) is 14.3. The molecule has 0 saturated carbocycles. The molecular weight excluding hydrogens is 513 g/mol. The zero-order valence-corrected chi connectivity index (χ0v) is 22.2. The van der Waals surface area contributed by atoms with E-state index in [0.717, 1.165) is 51.9 Å². The number of aromatic nitrogens is 4. The summed E-state index contributed by atoms with van der Waals surface area (Å²) in [6.07, 6.45) is 6.96. The summed E-state index contributed by atoms with van der Waals surface area (Å²) in [7, 11) is 0. The molecule has 4 aliphatic heterocycles. The van der Waals surface area contributed by atoms with E-state index in [1.165, 1.54) is 31.0 Å². The number of fused-ring (bicyclic) bond motifs is 5. The van der Waals surface area contributed by atoms with Crippen LogP contribution in [0, 0.1) is 5.82 Å². The van der Waals surface area contributed by atoms with Gasteiger partial charge in [0.25, 0.3) is 0 Å². The molecule has 4 saturated heterocycles. The first-order valence-electron chi connectivity index (χ1n) is 14.3. The number of piperazine rings is 1. The summed E-state index contributed by atoms with van der Waals surface area (Å²) >= 11 is 0. The summed E-state index contributed by atoms with van der Waals surface area (Å²) in [6.45, 7) is 4.47. The number of nitrogens with one attached hydrogen (secondary N) is 2. The van der Waals surface area contributed by atoms with Crippen molar-refractivity contribution in [1.29, 1.82) is 0 Å². The van der Waals surface area contributed by atoms with Crippen LogP contribution in [0.1, 0.15) is 38.5 Å². The Balaban J connectivity index is 1.17. The number of rotatable bonds is 6. The lowest BCUT2D eigenvalue weighted by molar-refractivity contribution is 0.108. The van der Waals surface area contributed by atoms with Crippen LogP contribution in [0.4, 0.5) is 10.2 Å². The smallest absolute Gasteiger partial charge is 0.320 e. The van der Waals surface area contributed by atoms with E-state index in [0.29, 0.717) is 47.1 Å². The Hall–Kier alpha value is -3.70. The van der Waals surface area contributed by atoms with Gasteiger partial charge in [0, 0.05) is 31.2 Å². The molecule has 11 heteroatoms. The minimum absolute atomic E-state index is 0.0242. The molecule has 2 unspecified atom stereocenters. The summed E-state index contributed by atoms with van der Waals surface area (Å²) in [5.74, 6) is 0.413. The third-order valence-corrected chi connectivity index (χ3v) is 9.16. The van der Waals surface area contributed by atoms with E-state index in [9.17, 15) is 9.50 Å². The zero-order chi connectivity index (χ0) is 26.8. The monoisotopic (exact) mass is 545 g/mol. The minimum atomic E-state index is -0.441. The maximum absolute atomic E-state index is 14.8. The van der Waals surface area contributed by atoms with Crippen molar-refractivity contribution >= 4 is 27.8 Å². The molecule has 2 aromatic heterocycles. The number of phenolic OH excluding ortho intramolecular Hbond substituents is 1. The highest BCUT2D eigenvalue weighted by Gasteiger charge is 2.45. The maximum Gasteiger partial charge on any atom is 0.320 e. The molecule has 4 aromatic rings. The normalized spacial score (nSPS) is 23.8. The Morgan fingerprint density at radius 2 is 1.85 bits per heavy atom. The number of hydrogen-bond acceptors (Lipinski definition) is 9. The molecule has 0 radical (unpaired) electrons. The Kier molecular flexibility index (Phi) is 5.53. The van der Waals surface area contributed by atoms with Gasteiger partial charge in [0.15, 0.2) is 17.0 Å². The van der Waals surface area contributed by atoms with Crippen LogP contribution in [0.25, 0.3) is 21.9 Å². The van der Waals surface area contributed by atoms with Crippen molar-refractivity contribution in [2.45, 2.75) is 56.1 Å². The first-order chi connectivity index (χ1) is 19.5. The fourth-order valence-corrected chi connectivity index (χ4v) is 7.32. The van der Waals surface area contributed by atoms with Gasteiger partial charge in [0.2, 0.25) is 0 Å². The number of ether oxygens (including phenoxy) is 2. The topological polar surface area (TPSA) is 112 Å². The summed E-state index contributed by atoms with van der Waals surface area (Å²) in [4.78, 5) is 22.3. The van der Waals surface area contributed by atoms with Crippen LogP contribution in [-0.4, -0.2) is 80.4 Å². The standard InChI is InChI=1S/C29H32FN7O3/c30-21-5-1-4-17-12-20(38)13-22(23(17)21)40-28-32-24-25(34-28)33-27(39-16-29-8-2-10-37(29)11-3-9-29)35-26(24)36-14-18-6-7-19(15-36)31-18/h1,4-5,12-13,18-19,31,38H,2-3,6-11,14-16H2,(H,32,33,34,35).